The van der Waals surface area contributed by atoms with Gasteiger partial charge in [0.1, 0.15) is 11.7 Å². The lowest BCUT2D eigenvalue weighted by Crippen LogP contribution is -2.32. The molecule has 0 saturated carbocycles. The SMILES string of the molecule is N=C(N)c1ccc(C=C2CNCC(=Cc3ccc(C(=N)N)cc3)C2=O)cc1. The molecule has 2 aromatic rings. The fourth-order valence-corrected chi connectivity index (χ4v) is 2.85. The molecule has 1 aliphatic rings. The number of nitrogens with two attached hydrogens (primary N) is 2. The first-order valence-corrected chi connectivity index (χ1v) is 8.49. The molecule has 0 aliphatic carbocycles. The average molecular weight is 359 g/mol. The van der Waals surface area contributed by atoms with Gasteiger partial charge in [0.05, 0.1) is 0 Å². The molecule has 0 spiro atoms. The Labute approximate surface area is 157 Å². The van der Waals surface area contributed by atoms with Gasteiger partial charge in [-0.2, -0.15) is 0 Å². The summed E-state index contributed by atoms with van der Waals surface area (Å²) in [5, 5.41) is 18.1. The van der Waals surface area contributed by atoms with Crippen LogP contribution in [0.25, 0.3) is 12.2 Å². The van der Waals surface area contributed by atoms with Crippen molar-refractivity contribution in [2.75, 3.05) is 13.1 Å². The summed E-state index contributed by atoms with van der Waals surface area (Å²) in [5.74, 6) is 0.0521. The zero-order chi connectivity index (χ0) is 19.4. The number of carbonyl (C=O) groups excluding carboxylic acids is 1. The molecular weight excluding hydrogens is 338 g/mol. The van der Waals surface area contributed by atoms with Gasteiger partial charge in [-0.3, -0.25) is 15.6 Å². The smallest absolute Gasteiger partial charge is 0.187 e. The third-order valence-electron chi connectivity index (χ3n) is 4.34. The molecular formula is C21H21N5O. The van der Waals surface area contributed by atoms with Crippen LogP contribution in [0.2, 0.25) is 0 Å². The van der Waals surface area contributed by atoms with Crippen LogP contribution in [-0.2, 0) is 4.79 Å². The van der Waals surface area contributed by atoms with Gasteiger partial charge in [-0.15, -0.1) is 0 Å². The number of benzene rings is 2. The Morgan fingerprint density at radius 3 is 1.48 bits per heavy atom. The second kappa shape index (κ2) is 7.80. The molecule has 6 nitrogen and oxygen atoms in total. The summed E-state index contributed by atoms with van der Waals surface area (Å²) in [6.45, 7) is 1.02. The Balaban J connectivity index is 1.82. The number of nitrogens with one attached hydrogen (secondary N) is 3. The Bertz CT molecular complexity index is 876. The van der Waals surface area contributed by atoms with E-state index in [1.165, 1.54) is 0 Å². The van der Waals surface area contributed by atoms with Crippen LogP contribution in [0.1, 0.15) is 22.3 Å². The minimum atomic E-state index is 0.0139. The van der Waals surface area contributed by atoms with Gasteiger partial charge < -0.3 is 16.8 Å². The number of rotatable bonds is 4. The van der Waals surface area contributed by atoms with Gasteiger partial charge in [0.2, 0.25) is 0 Å². The highest BCUT2D eigenvalue weighted by Crippen LogP contribution is 2.18. The molecule has 1 fully saturated rings. The van der Waals surface area contributed by atoms with Crippen LogP contribution in [0, 0.1) is 10.8 Å². The van der Waals surface area contributed by atoms with E-state index in [-0.39, 0.29) is 17.5 Å². The highest BCUT2D eigenvalue weighted by Gasteiger charge is 2.20. The molecule has 0 atom stereocenters. The molecule has 0 unspecified atom stereocenters. The van der Waals surface area contributed by atoms with Gasteiger partial charge in [-0.25, -0.2) is 0 Å². The zero-order valence-corrected chi connectivity index (χ0v) is 14.8. The molecule has 27 heavy (non-hydrogen) atoms. The quantitative estimate of drug-likeness (QED) is 0.324. The molecule has 136 valence electrons. The van der Waals surface area contributed by atoms with Crippen molar-refractivity contribution in [2.24, 2.45) is 11.5 Å². The highest BCUT2D eigenvalue weighted by molar-refractivity contribution is 6.14. The third kappa shape index (κ3) is 4.37. The van der Waals surface area contributed by atoms with Crippen molar-refractivity contribution in [3.05, 3.63) is 81.9 Å². The molecule has 0 amide bonds. The second-order valence-electron chi connectivity index (χ2n) is 6.34. The molecule has 0 aromatic heterocycles. The van der Waals surface area contributed by atoms with Crippen LogP contribution in [-0.4, -0.2) is 30.5 Å². The largest absolute Gasteiger partial charge is 0.384 e. The summed E-state index contributed by atoms with van der Waals surface area (Å²) in [5.41, 5.74) is 15.4. The summed E-state index contributed by atoms with van der Waals surface area (Å²) >= 11 is 0. The van der Waals surface area contributed by atoms with Gasteiger partial charge in [-0.05, 0) is 23.3 Å². The van der Waals surface area contributed by atoms with Crippen LogP contribution in [0.3, 0.4) is 0 Å². The number of carbonyl (C=O) groups is 1. The van der Waals surface area contributed by atoms with Crippen molar-refractivity contribution in [3.63, 3.8) is 0 Å². The monoisotopic (exact) mass is 359 g/mol. The van der Waals surface area contributed by atoms with Crippen molar-refractivity contribution in [1.82, 2.24) is 5.32 Å². The molecule has 1 aliphatic heterocycles. The minimum Gasteiger partial charge on any atom is -0.384 e. The van der Waals surface area contributed by atoms with Crippen molar-refractivity contribution in [2.45, 2.75) is 0 Å². The van der Waals surface area contributed by atoms with Crippen molar-refractivity contribution >= 4 is 29.6 Å². The van der Waals surface area contributed by atoms with E-state index < -0.39 is 0 Å². The number of ketones is 1. The number of Topliss-reactive ketones (excluding diaryl/α,β-unsaturated/α-hetero) is 1. The van der Waals surface area contributed by atoms with E-state index >= 15 is 0 Å². The number of nitrogen functional groups attached to an aromatic ring is 2. The lowest BCUT2D eigenvalue weighted by atomic mass is 9.95. The Hall–Kier alpha value is -3.51. The van der Waals surface area contributed by atoms with Crippen LogP contribution in [0.4, 0.5) is 0 Å². The number of amidine groups is 2. The number of piperidine rings is 1. The summed E-state index contributed by atoms with van der Waals surface area (Å²) in [6.07, 6.45) is 3.70. The zero-order valence-electron chi connectivity index (χ0n) is 14.8. The maximum Gasteiger partial charge on any atom is 0.187 e. The van der Waals surface area contributed by atoms with Crippen LogP contribution in [0.5, 0.6) is 0 Å². The summed E-state index contributed by atoms with van der Waals surface area (Å²) in [4.78, 5) is 12.8. The van der Waals surface area contributed by atoms with Crippen molar-refractivity contribution in [1.29, 1.82) is 10.8 Å². The van der Waals surface area contributed by atoms with Crippen molar-refractivity contribution < 1.29 is 4.79 Å². The van der Waals surface area contributed by atoms with Gasteiger partial charge in [-0.1, -0.05) is 48.5 Å². The van der Waals surface area contributed by atoms with Gasteiger partial charge >= 0.3 is 0 Å². The molecule has 6 heteroatoms. The van der Waals surface area contributed by atoms with Gasteiger partial charge in [0, 0.05) is 35.4 Å². The fourth-order valence-electron chi connectivity index (χ4n) is 2.85. The first-order chi connectivity index (χ1) is 12.9. The average Bonchev–Trinajstić information content (AvgIpc) is 2.66. The first-order valence-electron chi connectivity index (χ1n) is 8.49. The third-order valence-corrected chi connectivity index (χ3v) is 4.34. The maximum atomic E-state index is 12.8. The Kier molecular flexibility index (Phi) is 5.28. The fraction of sp³-hybridized carbons (Fsp3) is 0.0952. The van der Waals surface area contributed by atoms with Crippen LogP contribution >= 0.6 is 0 Å². The van der Waals surface area contributed by atoms with Gasteiger partial charge in [0.15, 0.2) is 5.78 Å². The predicted octanol–water partition coefficient (Wildman–Crippen LogP) is 1.89. The Morgan fingerprint density at radius 1 is 0.778 bits per heavy atom. The van der Waals surface area contributed by atoms with E-state index in [0.717, 1.165) is 11.1 Å². The Morgan fingerprint density at radius 2 is 1.15 bits per heavy atom. The van der Waals surface area contributed by atoms with E-state index in [1.54, 1.807) is 24.3 Å². The lowest BCUT2D eigenvalue weighted by Gasteiger charge is -2.18. The molecule has 3 rings (SSSR count). The molecule has 2 aromatic carbocycles. The second-order valence-corrected chi connectivity index (χ2v) is 6.34. The lowest BCUT2D eigenvalue weighted by molar-refractivity contribution is -0.112. The molecule has 0 bridgehead atoms. The predicted molar refractivity (Wildman–Crippen MR) is 109 cm³/mol. The maximum absolute atomic E-state index is 12.8. The normalized spacial score (nSPS) is 17.3. The topological polar surface area (TPSA) is 129 Å². The standard InChI is InChI=1S/C21H21N5O/c22-20(23)15-5-1-13(2-6-15)9-17-11-26-12-18(19(17)27)10-14-3-7-16(8-4-14)21(24)25/h1-10,26H,11-12H2,(H3,22,23)(H3,24,25). The number of hydrogen-bond acceptors (Lipinski definition) is 4. The van der Waals surface area contributed by atoms with Crippen molar-refractivity contribution in [3.8, 4) is 0 Å². The van der Waals surface area contributed by atoms with E-state index in [0.29, 0.717) is 35.4 Å². The summed E-state index contributed by atoms with van der Waals surface area (Å²) in [6, 6.07) is 14.4. The minimum absolute atomic E-state index is 0.0139. The molecule has 1 heterocycles. The molecule has 0 radical (unpaired) electrons. The molecule has 1 saturated heterocycles. The van der Waals surface area contributed by atoms with Gasteiger partial charge in [0.25, 0.3) is 0 Å². The number of hydrogen-bond donors (Lipinski definition) is 5. The van der Waals surface area contributed by atoms with Crippen LogP contribution < -0.4 is 16.8 Å². The van der Waals surface area contributed by atoms with Crippen LogP contribution in [0.15, 0.2) is 59.7 Å². The van der Waals surface area contributed by atoms with E-state index in [9.17, 15) is 4.79 Å². The first kappa shape index (κ1) is 18.3. The highest BCUT2D eigenvalue weighted by atomic mass is 16.1. The summed E-state index contributed by atoms with van der Waals surface area (Å²) < 4.78 is 0. The van der Waals surface area contributed by atoms with E-state index in [1.807, 2.05) is 36.4 Å². The summed E-state index contributed by atoms with van der Waals surface area (Å²) in [7, 11) is 0. The van der Waals surface area contributed by atoms with E-state index in [4.69, 9.17) is 22.3 Å². The molecule has 7 N–H and O–H groups in total. The van der Waals surface area contributed by atoms with E-state index in [2.05, 4.69) is 5.32 Å².